The molecule has 1 N–H and O–H groups in total. The van der Waals surface area contributed by atoms with Crippen LogP contribution >= 0.6 is 23.4 Å². The monoisotopic (exact) mass is 479 g/mol. The second-order valence-electron chi connectivity index (χ2n) is 7.37. The molecule has 3 aromatic rings. The van der Waals surface area contributed by atoms with E-state index in [0.717, 1.165) is 5.56 Å². The highest BCUT2D eigenvalue weighted by Crippen LogP contribution is 2.31. The van der Waals surface area contributed by atoms with E-state index >= 15 is 0 Å². The van der Waals surface area contributed by atoms with E-state index in [2.05, 4.69) is 5.32 Å². The fraction of sp³-hybridized carbons (Fsp3) is 0.160. The first-order valence-corrected chi connectivity index (χ1v) is 11.6. The van der Waals surface area contributed by atoms with Crippen LogP contribution < -0.4 is 10.1 Å². The Morgan fingerprint density at radius 2 is 1.88 bits per heavy atom. The molecule has 0 aromatic heterocycles. The fourth-order valence-electron chi connectivity index (χ4n) is 3.32. The van der Waals surface area contributed by atoms with Crippen molar-refractivity contribution in [1.29, 1.82) is 0 Å². The topological polar surface area (TPSA) is 71.0 Å². The summed E-state index contributed by atoms with van der Waals surface area (Å²) in [6.07, 6.45) is 0.0749. The summed E-state index contributed by atoms with van der Waals surface area (Å²) in [4.78, 5) is 32.4. The van der Waals surface area contributed by atoms with Crippen molar-refractivity contribution in [3.05, 3.63) is 89.4 Å². The van der Waals surface area contributed by atoms with Crippen LogP contribution in [0.15, 0.2) is 83.9 Å². The maximum atomic E-state index is 13.1. The van der Waals surface area contributed by atoms with Gasteiger partial charge in [-0.2, -0.15) is 0 Å². The van der Waals surface area contributed by atoms with E-state index < -0.39 is 5.25 Å². The Bertz CT molecular complexity index is 1170. The Labute approximate surface area is 201 Å². The first-order chi connectivity index (χ1) is 16.0. The minimum Gasteiger partial charge on any atom is -0.497 e. The molecule has 1 aliphatic rings. The number of anilines is 1. The maximum Gasteiger partial charge on any atom is 0.238 e. The summed E-state index contributed by atoms with van der Waals surface area (Å²) in [6.45, 7) is 0.379. The average molecular weight is 480 g/mol. The van der Waals surface area contributed by atoms with Crippen LogP contribution in [0, 0.1) is 0 Å². The van der Waals surface area contributed by atoms with Crippen molar-refractivity contribution in [2.45, 2.75) is 18.2 Å². The van der Waals surface area contributed by atoms with Gasteiger partial charge in [0.2, 0.25) is 11.8 Å². The van der Waals surface area contributed by atoms with Crippen LogP contribution in [0.4, 0.5) is 11.4 Å². The minimum absolute atomic E-state index is 0.0749. The van der Waals surface area contributed by atoms with Crippen LogP contribution in [0.5, 0.6) is 5.75 Å². The van der Waals surface area contributed by atoms with Gasteiger partial charge in [0.1, 0.15) is 11.0 Å². The second kappa shape index (κ2) is 10.6. The number of thioether (sulfide) groups is 1. The molecule has 168 valence electrons. The molecule has 0 unspecified atom stereocenters. The van der Waals surface area contributed by atoms with E-state index in [4.69, 9.17) is 21.3 Å². The third-order valence-corrected chi connectivity index (χ3v) is 6.43. The Morgan fingerprint density at radius 1 is 1.12 bits per heavy atom. The van der Waals surface area contributed by atoms with E-state index in [9.17, 15) is 9.59 Å². The Kier molecular flexibility index (Phi) is 7.32. The predicted molar refractivity (Wildman–Crippen MR) is 133 cm³/mol. The molecule has 6 nitrogen and oxygen atoms in total. The molecule has 0 radical (unpaired) electrons. The largest absolute Gasteiger partial charge is 0.497 e. The van der Waals surface area contributed by atoms with Gasteiger partial charge >= 0.3 is 0 Å². The number of amides is 2. The average Bonchev–Trinajstić information content (AvgIpc) is 2.82. The normalized spacial score (nSPS) is 17.2. The van der Waals surface area contributed by atoms with Crippen molar-refractivity contribution in [3.8, 4) is 5.75 Å². The van der Waals surface area contributed by atoms with Crippen LogP contribution in [-0.4, -0.2) is 34.2 Å². The Morgan fingerprint density at radius 3 is 2.58 bits per heavy atom. The standard InChI is InChI=1S/C25H22ClN3O3S/c1-32-21-12-10-19(11-13-21)28-25-29(16-17-6-3-2-4-7-17)23(30)15-22(33-25)24(31)27-20-9-5-8-18(26)14-20/h2-14,22H,15-16H2,1H3,(H,27,31)/t22-/m1/s1. The van der Waals surface area contributed by atoms with Crippen molar-refractivity contribution < 1.29 is 14.3 Å². The number of ether oxygens (including phenoxy) is 1. The van der Waals surface area contributed by atoms with Gasteiger partial charge in [0.05, 0.1) is 19.3 Å². The van der Waals surface area contributed by atoms with Gasteiger partial charge in [0.25, 0.3) is 0 Å². The third kappa shape index (κ3) is 5.94. The lowest BCUT2D eigenvalue weighted by atomic mass is 10.2. The molecular formula is C25H22ClN3O3S. The summed E-state index contributed by atoms with van der Waals surface area (Å²) in [5.74, 6) is 0.291. The number of hydrogen-bond acceptors (Lipinski definition) is 5. The van der Waals surface area contributed by atoms with Crippen LogP contribution in [0.2, 0.25) is 5.02 Å². The van der Waals surface area contributed by atoms with E-state index in [-0.39, 0.29) is 18.2 Å². The number of nitrogens with zero attached hydrogens (tertiary/aromatic N) is 2. The summed E-state index contributed by atoms with van der Waals surface area (Å²) in [6, 6.07) is 23.9. The first-order valence-electron chi connectivity index (χ1n) is 10.3. The molecule has 8 heteroatoms. The quantitative estimate of drug-likeness (QED) is 0.506. The van der Waals surface area contributed by atoms with Gasteiger partial charge in [-0.25, -0.2) is 4.99 Å². The van der Waals surface area contributed by atoms with Gasteiger partial charge in [-0.05, 0) is 48.0 Å². The zero-order chi connectivity index (χ0) is 23.2. The third-order valence-electron chi connectivity index (χ3n) is 5.00. The van der Waals surface area contributed by atoms with E-state index in [0.29, 0.717) is 33.9 Å². The number of rotatable bonds is 6. The van der Waals surface area contributed by atoms with E-state index in [1.54, 1.807) is 48.4 Å². The van der Waals surface area contributed by atoms with Gasteiger partial charge in [0, 0.05) is 17.1 Å². The Balaban J connectivity index is 1.59. The number of methoxy groups -OCH3 is 1. The molecule has 0 bridgehead atoms. The molecule has 1 fully saturated rings. The van der Waals surface area contributed by atoms with Crippen molar-refractivity contribution in [2.75, 3.05) is 12.4 Å². The summed E-state index contributed by atoms with van der Waals surface area (Å²) in [5, 5.41) is 3.24. The lowest BCUT2D eigenvalue weighted by Gasteiger charge is -2.32. The van der Waals surface area contributed by atoms with Crippen LogP contribution in [-0.2, 0) is 16.1 Å². The number of aliphatic imine (C=N–C) groups is 1. The SMILES string of the molecule is COc1ccc(N=C2S[C@@H](C(=O)Nc3cccc(Cl)c3)CC(=O)N2Cc2ccccc2)cc1. The summed E-state index contributed by atoms with van der Waals surface area (Å²) in [7, 11) is 1.60. The molecule has 33 heavy (non-hydrogen) atoms. The molecule has 1 heterocycles. The minimum atomic E-state index is -0.611. The number of halogens is 1. The van der Waals surface area contributed by atoms with Crippen molar-refractivity contribution in [1.82, 2.24) is 4.90 Å². The van der Waals surface area contributed by atoms with Gasteiger partial charge in [-0.1, -0.05) is 59.8 Å². The highest BCUT2D eigenvalue weighted by Gasteiger charge is 2.36. The predicted octanol–water partition coefficient (Wildman–Crippen LogP) is 5.51. The summed E-state index contributed by atoms with van der Waals surface area (Å²) in [5.41, 5.74) is 2.23. The molecular weight excluding hydrogens is 458 g/mol. The molecule has 4 rings (SSSR count). The maximum absolute atomic E-state index is 13.1. The zero-order valence-corrected chi connectivity index (χ0v) is 19.5. The van der Waals surface area contributed by atoms with Crippen LogP contribution in [0.1, 0.15) is 12.0 Å². The van der Waals surface area contributed by atoms with Gasteiger partial charge in [0.15, 0.2) is 5.17 Å². The molecule has 1 atom stereocenters. The highest BCUT2D eigenvalue weighted by molar-refractivity contribution is 8.15. The van der Waals surface area contributed by atoms with Crippen LogP contribution in [0.25, 0.3) is 0 Å². The van der Waals surface area contributed by atoms with E-state index in [1.165, 1.54) is 11.8 Å². The van der Waals surface area contributed by atoms with Gasteiger partial charge in [-0.15, -0.1) is 0 Å². The fourth-order valence-corrected chi connectivity index (χ4v) is 4.61. The summed E-state index contributed by atoms with van der Waals surface area (Å²) < 4.78 is 5.21. The molecule has 1 saturated heterocycles. The molecule has 3 aromatic carbocycles. The lowest BCUT2D eigenvalue weighted by molar-refractivity contribution is -0.129. The number of benzene rings is 3. The lowest BCUT2D eigenvalue weighted by Crippen LogP contribution is -2.44. The molecule has 2 amide bonds. The number of carbonyl (C=O) groups excluding carboxylic acids is 2. The second-order valence-corrected chi connectivity index (χ2v) is 8.97. The molecule has 1 aliphatic heterocycles. The van der Waals surface area contributed by atoms with Gasteiger partial charge < -0.3 is 10.1 Å². The van der Waals surface area contributed by atoms with E-state index in [1.807, 2.05) is 42.5 Å². The molecule has 0 aliphatic carbocycles. The number of nitrogens with one attached hydrogen (secondary N) is 1. The van der Waals surface area contributed by atoms with Crippen molar-refractivity contribution in [2.24, 2.45) is 4.99 Å². The first kappa shape index (κ1) is 22.9. The smallest absolute Gasteiger partial charge is 0.238 e. The molecule has 0 spiro atoms. The van der Waals surface area contributed by atoms with Crippen molar-refractivity contribution >= 4 is 51.7 Å². The Hall–Kier alpha value is -3.29. The highest BCUT2D eigenvalue weighted by atomic mass is 35.5. The van der Waals surface area contributed by atoms with Crippen molar-refractivity contribution in [3.63, 3.8) is 0 Å². The number of amidine groups is 1. The number of hydrogen-bond donors (Lipinski definition) is 1. The number of carbonyl (C=O) groups is 2. The van der Waals surface area contributed by atoms with Gasteiger partial charge in [-0.3, -0.25) is 14.5 Å². The van der Waals surface area contributed by atoms with Crippen LogP contribution in [0.3, 0.4) is 0 Å². The molecule has 0 saturated carbocycles. The zero-order valence-electron chi connectivity index (χ0n) is 17.9. The summed E-state index contributed by atoms with van der Waals surface area (Å²) >= 11 is 7.30.